The first kappa shape index (κ1) is 17.6. The van der Waals surface area contributed by atoms with Crippen LogP contribution in [0.25, 0.3) is 11.8 Å². The molecule has 1 aliphatic heterocycles. The van der Waals surface area contributed by atoms with E-state index in [1.165, 1.54) is 24.5 Å². The summed E-state index contributed by atoms with van der Waals surface area (Å²) in [6, 6.07) is 11.3. The Balaban J connectivity index is 1.62. The molecule has 3 aromatic rings. The summed E-state index contributed by atoms with van der Waals surface area (Å²) in [5.74, 6) is -0.664. The second kappa shape index (κ2) is 7.05. The van der Waals surface area contributed by atoms with Crippen molar-refractivity contribution < 1.29 is 14.5 Å². The first-order valence-electron chi connectivity index (χ1n) is 7.93. The summed E-state index contributed by atoms with van der Waals surface area (Å²) in [6.45, 7) is 0. The largest absolute Gasteiger partial charge is 0.402 e. The Bertz CT molecular complexity index is 1140. The summed E-state index contributed by atoms with van der Waals surface area (Å²) in [7, 11) is 0. The summed E-state index contributed by atoms with van der Waals surface area (Å²) in [4.78, 5) is 30.6. The number of aromatic nitrogens is 3. The van der Waals surface area contributed by atoms with Gasteiger partial charge in [-0.15, -0.1) is 0 Å². The van der Waals surface area contributed by atoms with Crippen molar-refractivity contribution >= 4 is 35.2 Å². The van der Waals surface area contributed by atoms with Crippen LogP contribution in [-0.4, -0.2) is 31.6 Å². The topological polar surface area (TPSA) is 113 Å². The minimum Gasteiger partial charge on any atom is -0.402 e. The number of esters is 1. The van der Waals surface area contributed by atoms with Crippen LogP contribution in [0, 0.1) is 10.1 Å². The minimum absolute atomic E-state index is 0.0121. The molecule has 0 spiro atoms. The monoisotopic (exact) mass is 395 g/mol. The van der Waals surface area contributed by atoms with Gasteiger partial charge in [0, 0.05) is 11.6 Å². The van der Waals surface area contributed by atoms with E-state index in [9.17, 15) is 14.9 Å². The quantitative estimate of drug-likeness (QED) is 0.290. The minimum atomic E-state index is -0.645. The molecule has 138 valence electrons. The first-order valence-corrected chi connectivity index (χ1v) is 8.31. The molecule has 2 heterocycles. The molecule has 0 saturated heterocycles. The number of carbonyl (C=O) groups is 1. The Hall–Kier alpha value is -3.85. The Morgan fingerprint density at radius 3 is 2.64 bits per heavy atom. The van der Waals surface area contributed by atoms with Crippen LogP contribution in [0.3, 0.4) is 0 Å². The van der Waals surface area contributed by atoms with E-state index in [1.807, 2.05) is 12.1 Å². The standard InChI is InChI=1S/C18H10ClN5O4/c19-14-6-3-12(8-16(14)24(26)27)17-22-15(18(25)28-17)7-11-1-4-13(5-2-11)23-10-20-9-21-23/h1-10H/b15-7-. The van der Waals surface area contributed by atoms with Crippen LogP contribution in [0.15, 0.2) is 65.8 Å². The van der Waals surface area contributed by atoms with Crippen molar-refractivity contribution in [3.63, 3.8) is 0 Å². The molecule has 0 amide bonds. The maximum atomic E-state index is 12.1. The average Bonchev–Trinajstić information content (AvgIpc) is 3.33. The molecular formula is C18H10ClN5O4. The van der Waals surface area contributed by atoms with Crippen molar-refractivity contribution in [1.29, 1.82) is 0 Å². The van der Waals surface area contributed by atoms with E-state index in [0.29, 0.717) is 0 Å². The third-order valence-electron chi connectivity index (χ3n) is 3.89. The van der Waals surface area contributed by atoms with Crippen molar-refractivity contribution in [2.24, 2.45) is 4.99 Å². The zero-order valence-corrected chi connectivity index (χ0v) is 14.8. The van der Waals surface area contributed by atoms with Gasteiger partial charge in [0.15, 0.2) is 5.70 Å². The van der Waals surface area contributed by atoms with E-state index in [2.05, 4.69) is 15.1 Å². The third-order valence-corrected chi connectivity index (χ3v) is 4.21. The number of nitro benzene ring substituents is 1. The normalized spacial score (nSPS) is 14.8. The Labute approximate surface area is 162 Å². The lowest BCUT2D eigenvalue weighted by Crippen LogP contribution is -2.06. The van der Waals surface area contributed by atoms with Crippen molar-refractivity contribution in [3.8, 4) is 5.69 Å². The SMILES string of the molecule is O=C1OC(c2ccc(Cl)c([N+](=O)[O-])c2)=N/C1=C\c1ccc(-n2cncn2)cc1. The molecule has 2 aromatic carbocycles. The molecular weight excluding hydrogens is 386 g/mol. The highest BCUT2D eigenvalue weighted by atomic mass is 35.5. The van der Waals surface area contributed by atoms with Crippen LogP contribution in [0.4, 0.5) is 5.69 Å². The smallest absolute Gasteiger partial charge is 0.363 e. The fraction of sp³-hybridized carbons (Fsp3) is 0. The van der Waals surface area contributed by atoms with Crippen LogP contribution in [-0.2, 0) is 9.53 Å². The lowest BCUT2D eigenvalue weighted by molar-refractivity contribution is -0.384. The Kier molecular flexibility index (Phi) is 4.42. The van der Waals surface area contributed by atoms with E-state index in [-0.39, 0.29) is 27.9 Å². The number of hydrogen-bond donors (Lipinski definition) is 0. The summed E-state index contributed by atoms with van der Waals surface area (Å²) in [5, 5.41) is 15.0. The molecule has 1 aromatic heterocycles. The lowest BCUT2D eigenvalue weighted by atomic mass is 10.2. The molecule has 4 rings (SSSR count). The van der Waals surface area contributed by atoms with Crippen LogP contribution < -0.4 is 0 Å². The molecule has 0 N–H and O–H groups in total. The van der Waals surface area contributed by atoms with E-state index >= 15 is 0 Å². The summed E-state index contributed by atoms with van der Waals surface area (Å²) < 4.78 is 6.75. The molecule has 0 radical (unpaired) electrons. The van der Waals surface area contributed by atoms with Crippen LogP contribution in [0.2, 0.25) is 5.02 Å². The molecule has 10 heteroatoms. The number of aliphatic imine (C=N–C) groups is 1. The number of ether oxygens (including phenoxy) is 1. The summed E-state index contributed by atoms with van der Waals surface area (Å²) in [5.41, 5.74) is 1.61. The van der Waals surface area contributed by atoms with Gasteiger partial charge in [0.1, 0.15) is 17.7 Å². The zero-order chi connectivity index (χ0) is 19.7. The van der Waals surface area contributed by atoms with Crippen molar-refractivity contribution in [3.05, 3.63) is 87.1 Å². The zero-order valence-electron chi connectivity index (χ0n) is 14.0. The number of cyclic esters (lactones) is 1. The first-order chi connectivity index (χ1) is 13.5. The highest BCUT2D eigenvalue weighted by Gasteiger charge is 2.26. The second-order valence-corrected chi connectivity index (χ2v) is 6.10. The molecule has 1 aliphatic rings. The number of benzene rings is 2. The summed E-state index contributed by atoms with van der Waals surface area (Å²) in [6.07, 6.45) is 4.57. The molecule has 0 saturated carbocycles. The highest BCUT2D eigenvalue weighted by Crippen LogP contribution is 2.27. The average molecular weight is 396 g/mol. The number of rotatable bonds is 4. The van der Waals surface area contributed by atoms with Gasteiger partial charge in [-0.25, -0.2) is 19.5 Å². The van der Waals surface area contributed by atoms with Crippen molar-refractivity contribution in [1.82, 2.24) is 14.8 Å². The second-order valence-electron chi connectivity index (χ2n) is 5.69. The van der Waals surface area contributed by atoms with Gasteiger partial charge in [0.25, 0.3) is 5.69 Å². The van der Waals surface area contributed by atoms with E-state index in [1.54, 1.807) is 29.2 Å². The predicted molar refractivity (Wildman–Crippen MR) is 100 cm³/mol. The Morgan fingerprint density at radius 1 is 1.18 bits per heavy atom. The fourth-order valence-electron chi connectivity index (χ4n) is 2.54. The van der Waals surface area contributed by atoms with Crippen molar-refractivity contribution in [2.75, 3.05) is 0 Å². The van der Waals surface area contributed by atoms with Gasteiger partial charge in [-0.05, 0) is 35.9 Å². The third kappa shape index (κ3) is 3.38. The number of hydrogen-bond acceptors (Lipinski definition) is 7. The van der Waals surface area contributed by atoms with Gasteiger partial charge in [-0.1, -0.05) is 23.7 Å². The number of nitro groups is 1. The molecule has 28 heavy (non-hydrogen) atoms. The van der Waals surface area contributed by atoms with Gasteiger partial charge in [-0.2, -0.15) is 5.10 Å². The fourth-order valence-corrected chi connectivity index (χ4v) is 2.73. The maximum Gasteiger partial charge on any atom is 0.363 e. The molecule has 0 fully saturated rings. The maximum absolute atomic E-state index is 12.1. The number of nitrogens with zero attached hydrogens (tertiary/aromatic N) is 5. The van der Waals surface area contributed by atoms with E-state index in [4.69, 9.17) is 16.3 Å². The summed E-state index contributed by atoms with van der Waals surface area (Å²) >= 11 is 5.80. The molecule has 0 unspecified atom stereocenters. The van der Waals surface area contributed by atoms with Gasteiger partial charge >= 0.3 is 5.97 Å². The van der Waals surface area contributed by atoms with Gasteiger partial charge < -0.3 is 4.74 Å². The Morgan fingerprint density at radius 2 is 1.96 bits per heavy atom. The number of halogens is 1. The van der Waals surface area contributed by atoms with E-state index < -0.39 is 10.9 Å². The van der Waals surface area contributed by atoms with Gasteiger partial charge in [0.2, 0.25) is 5.90 Å². The van der Waals surface area contributed by atoms with Crippen molar-refractivity contribution in [2.45, 2.75) is 0 Å². The number of carbonyl (C=O) groups excluding carboxylic acids is 1. The predicted octanol–water partition coefficient (Wildman–Crippen LogP) is 3.17. The van der Waals surface area contributed by atoms with Crippen LogP contribution in [0.5, 0.6) is 0 Å². The van der Waals surface area contributed by atoms with E-state index in [0.717, 1.165) is 11.3 Å². The molecule has 0 atom stereocenters. The van der Waals surface area contributed by atoms with Crippen LogP contribution >= 0.6 is 11.6 Å². The van der Waals surface area contributed by atoms with Gasteiger partial charge in [-0.3, -0.25) is 10.1 Å². The molecule has 0 aliphatic carbocycles. The molecule has 0 bridgehead atoms. The highest BCUT2D eigenvalue weighted by molar-refractivity contribution is 6.32. The lowest BCUT2D eigenvalue weighted by Gasteiger charge is -2.00. The molecule has 9 nitrogen and oxygen atoms in total. The van der Waals surface area contributed by atoms with Crippen LogP contribution in [0.1, 0.15) is 11.1 Å². The van der Waals surface area contributed by atoms with Gasteiger partial charge in [0.05, 0.1) is 10.6 Å².